The van der Waals surface area contributed by atoms with Crippen LogP contribution in [0.15, 0.2) is 18.2 Å². The van der Waals surface area contributed by atoms with Gasteiger partial charge < -0.3 is 5.11 Å². The lowest BCUT2D eigenvalue weighted by molar-refractivity contribution is -0.138. The van der Waals surface area contributed by atoms with E-state index >= 15 is 0 Å². The predicted octanol–water partition coefficient (Wildman–Crippen LogP) is 1.04. The van der Waals surface area contributed by atoms with E-state index in [0.29, 0.717) is 0 Å². The molecule has 0 radical (unpaired) electrons. The summed E-state index contributed by atoms with van der Waals surface area (Å²) in [6.07, 6.45) is -0.380. The molecule has 0 aromatic heterocycles. The van der Waals surface area contributed by atoms with E-state index in [0.717, 1.165) is 12.1 Å². The van der Waals surface area contributed by atoms with Gasteiger partial charge in [0.15, 0.2) is 9.84 Å². The van der Waals surface area contributed by atoms with Crippen LogP contribution in [0.3, 0.4) is 0 Å². The molecule has 21 heavy (non-hydrogen) atoms. The minimum Gasteiger partial charge on any atom is -0.481 e. The van der Waals surface area contributed by atoms with Crippen LogP contribution in [0.2, 0.25) is 0 Å². The second kappa shape index (κ2) is 6.07. The quantitative estimate of drug-likeness (QED) is 0.897. The molecule has 1 saturated heterocycles. The molecule has 1 aliphatic rings. The van der Waals surface area contributed by atoms with Crippen LogP contribution < -0.4 is 0 Å². The van der Waals surface area contributed by atoms with Crippen LogP contribution in [0, 0.1) is 11.6 Å². The first-order valence-corrected chi connectivity index (χ1v) is 8.20. The van der Waals surface area contributed by atoms with Gasteiger partial charge in [-0.05, 0) is 12.1 Å². The van der Waals surface area contributed by atoms with E-state index in [1.54, 1.807) is 0 Å². The summed E-state index contributed by atoms with van der Waals surface area (Å²) in [7, 11) is -3.32. The highest BCUT2D eigenvalue weighted by atomic mass is 32.2. The molecule has 8 heteroatoms. The molecule has 1 aromatic carbocycles. The third kappa shape index (κ3) is 3.98. The number of sulfone groups is 1. The normalized spacial score (nSPS) is 22.1. The summed E-state index contributed by atoms with van der Waals surface area (Å²) < 4.78 is 50.5. The lowest BCUT2D eigenvalue weighted by Crippen LogP contribution is -2.49. The predicted molar refractivity (Wildman–Crippen MR) is 71.5 cm³/mol. The summed E-state index contributed by atoms with van der Waals surface area (Å²) in [6, 6.07) is 2.69. The van der Waals surface area contributed by atoms with Crippen molar-refractivity contribution < 1.29 is 27.1 Å². The Labute approximate surface area is 121 Å². The Hall–Kier alpha value is -1.54. The maximum atomic E-state index is 13.6. The van der Waals surface area contributed by atoms with Gasteiger partial charge in [0.1, 0.15) is 11.6 Å². The SMILES string of the molecule is O=C(O)CC1CS(=O)(=O)CCN1Cc1c(F)cccc1F. The molecule has 1 unspecified atom stereocenters. The average molecular weight is 319 g/mol. The van der Waals surface area contributed by atoms with Crippen LogP contribution in [-0.2, 0) is 21.2 Å². The van der Waals surface area contributed by atoms with Gasteiger partial charge in [-0.3, -0.25) is 9.69 Å². The summed E-state index contributed by atoms with van der Waals surface area (Å²) in [5.74, 6) is -3.04. The van der Waals surface area contributed by atoms with E-state index in [9.17, 15) is 22.0 Å². The molecule has 5 nitrogen and oxygen atoms in total. The number of hydrogen-bond donors (Lipinski definition) is 1. The fraction of sp³-hybridized carbons (Fsp3) is 0.462. The molecule has 0 spiro atoms. The van der Waals surface area contributed by atoms with Crippen molar-refractivity contribution in [1.29, 1.82) is 0 Å². The third-order valence-electron chi connectivity index (χ3n) is 3.49. The monoisotopic (exact) mass is 319 g/mol. The number of carboxylic acids is 1. The molecule has 1 aromatic rings. The number of halogens is 2. The van der Waals surface area contributed by atoms with Crippen molar-refractivity contribution in [2.45, 2.75) is 19.0 Å². The average Bonchev–Trinajstić information content (AvgIpc) is 2.35. The molecule has 1 atom stereocenters. The summed E-state index contributed by atoms with van der Waals surface area (Å²) in [6.45, 7) is -0.0833. The lowest BCUT2D eigenvalue weighted by Gasteiger charge is -2.34. The van der Waals surface area contributed by atoms with Crippen LogP contribution in [0.25, 0.3) is 0 Å². The zero-order chi connectivity index (χ0) is 15.6. The Kier molecular flexibility index (Phi) is 4.58. The zero-order valence-electron chi connectivity index (χ0n) is 11.1. The Morgan fingerprint density at radius 3 is 2.52 bits per heavy atom. The summed E-state index contributed by atoms with van der Waals surface area (Å²) in [5, 5.41) is 8.86. The van der Waals surface area contributed by atoms with Crippen molar-refractivity contribution in [2.24, 2.45) is 0 Å². The van der Waals surface area contributed by atoms with Gasteiger partial charge in [-0.15, -0.1) is 0 Å². The Balaban J connectivity index is 2.22. The summed E-state index contributed by atoms with van der Waals surface area (Å²) in [4.78, 5) is 12.4. The van der Waals surface area contributed by atoms with Crippen molar-refractivity contribution in [3.8, 4) is 0 Å². The number of rotatable bonds is 4. The fourth-order valence-electron chi connectivity index (χ4n) is 2.41. The Morgan fingerprint density at radius 2 is 1.95 bits per heavy atom. The number of aliphatic carboxylic acids is 1. The van der Waals surface area contributed by atoms with Gasteiger partial charge in [-0.25, -0.2) is 17.2 Å². The molecular formula is C13H15F2NO4S. The van der Waals surface area contributed by atoms with Gasteiger partial charge in [0.2, 0.25) is 0 Å². The topological polar surface area (TPSA) is 74.7 Å². The van der Waals surface area contributed by atoms with Crippen LogP contribution in [0.5, 0.6) is 0 Å². The van der Waals surface area contributed by atoms with Gasteiger partial charge in [0, 0.05) is 24.7 Å². The smallest absolute Gasteiger partial charge is 0.304 e. The largest absolute Gasteiger partial charge is 0.481 e. The van der Waals surface area contributed by atoms with Gasteiger partial charge in [-0.1, -0.05) is 6.07 Å². The highest BCUT2D eigenvalue weighted by Crippen LogP contribution is 2.21. The molecule has 1 aliphatic heterocycles. The number of carboxylic acid groups (broad SMARTS) is 1. The summed E-state index contributed by atoms with van der Waals surface area (Å²) in [5.41, 5.74) is -0.174. The minimum atomic E-state index is -3.32. The van der Waals surface area contributed by atoms with E-state index in [4.69, 9.17) is 5.11 Å². The highest BCUT2D eigenvalue weighted by Gasteiger charge is 2.33. The summed E-state index contributed by atoms with van der Waals surface area (Å²) >= 11 is 0. The van der Waals surface area contributed by atoms with Crippen molar-refractivity contribution in [3.05, 3.63) is 35.4 Å². The third-order valence-corrected chi connectivity index (χ3v) is 5.18. The number of nitrogens with zero attached hydrogens (tertiary/aromatic N) is 1. The standard InChI is InChI=1S/C13H15F2NO4S/c14-11-2-1-3-12(15)10(11)7-16-4-5-21(19,20)8-9(16)6-13(17)18/h1-3,9H,4-8H2,(H,17,18). The van der Waals surface area contributed by atoms with E-state index in [1.807, 2.05) is 0 Å². The molecule has 1 fully saturated rings. The second-order valence-corrected chi connectivity index (χ2v) is 7.27. The minimum absolute atomic E-state index is 0.0635. The maximum absolute atomic E-state index is 13.6. The second-order valence-electron chi connectivity index (χ2n) is 5.04. The fourth-order valence-corrected chi connectivity index (χ4v) is 4.00. The lowest BCUT2D eigenvalue weighted by atomic mass is 10.1. The molecule has 116 valence electrons. The molecule has 0 bridgehead atoms. The van der Waals surface area contributed by atoms with Gasteiger partial charge in [-0.2, -0.15) is 0 Å². The molecule has 2 rings (SSSR count). The van der Waals surface area contributed by atoms with Crippen molar-refractivity contribution in [3.63, 3.8) is 0 Å². The van der Waals surface area contributed by atoms with Crippen molar-refractivity contribution >= 4 is 15.8 Å². The number of hydrogen-bond acceptors (Lipinski definition) is 4. The van der Waals surface area contributed by atoms with E-state index in [1.165, 1.54) is 11.0 Å². The number of carbonyl (C=O) groups is 1. The molecule has 1 heterocycles. The first kappa shape index (κ1) is 15.8. The maximum Gasteiger partial charge on any atom is 0.304 e. The van der Waals surface area contributed by atoms with Gasteiger partial charge in [0.25, 0.3) is 0 Å². The highest BCUT2D eigenvalue weighted by molar-refractivity contribution is 7.91. The van der Waals surface area contributed by atoms with Crippen LogP contribution in [0.1, 0.15) is 12.0 Å². The van der Waals surface area contributed by atoms with Crippen LogP contribution >= 0.6 is 0 Å². The van der Waals surface area contributed by atoms with Crippen LogP contribution in [-0.4, -0.2) is 48.5 Å². The first-order chi connectivity index (χ1) is 9.78. The van der Waals surface area contributed by atoms with Gasteiger partial charge >= 0.3 is 5.97 Å². The van der Waals surface area contributed by atoms with Crippen molar-refractivity contribution in [1.82, 2.24) is 4.90 Å². The Bertz CT molecular complexity index is 627. The molecular weight excluding hydrogens is 304 g/mol. The van der Waals surface area contributed by atoms with Gasteiger partial charge in [0.05, 0.1) is 17.9 Å². The zero-order valence-corrected chi connectivity index (χ0v) is 11.9. The van der Waals surface area contributed by atoms with E-state index < -0.39 is 33.5 Å². The molecule has 0 saturated carbocycles. The molecule has 1 N–H and O–H groups in total. The molecule has 0 amide bonds. The van der Waals surface area contributed by atoms with Crippen molar-refractivity contribution in [2.75, 3.05) is 18.1 Å². The number of benzene rings is 1. The first-order valence-electron chi connectivity index (χ1n) is 6.37. The Morgan fingerprint density at radius 1 is 1.33 bits per heavy atom. The van der Waals surface area contributed by atoms with E-state index in [-0.39, 0.29) is 36.6 Å². The molecule has 0 aliphatic carbocycles. The van der Waals surface area contributed by atoms with E-state index in [2.05, 4.69) is 0 Å². The van der Waals surface area contributed by atoms with Crippen LogP contribution in [0.4, 0.5) is 8.78 Å².